The van der Waals surface area contributed by atoms with E-state index in [1.165, 1.54) is 38.5 Å². The Morgan fingerprint density at radius 2 is 1.71 bits per heavy atom. The number of nitrogens with zero attached hydrogens (tertiary/aromatic N) is 2. The monoisotopic (exact) mass is 287 g/mol. The van der Waals surface area contributed by atoms with E-state index in [9.17, 15) is 0 Å². The number of rotatable bonds is 10. The molecule has 0 fully saturated rings. The highest BCUT2D eigenvalue weighted by Crippen LogP contribution is 2.16. The lowest BCUT2D eigenvalue weighted by Gasteiger charge is -2.02. The minimum atomic E-state index is 0.590. The van der Waals surface area contributed by atoms with Gasteiger partial charge in [0.15, 0.2) is 0 Å². The molecule has 1 aromatic carbocycles. The van der Waals surface area contributed by atoms with E-state index in [1.54, 1.807) is 0 Å². The summed E-state index contributed by atoms with van der Waals surface area (Å²) in [5.74, 6) is 1.24. The maximum absolute atomic E-state index is 5.64. The quantitative estimate of drug-likeness (QED) is 0.666. The van der Waals surface area contributed by atoms with Gasteiger partial charge in [0.25, 0.3) is 0 Å². The Kier molecular flexibility index (Phi) is 6.95. The molecule has 1 aromatic heterocycles. The molecule has 0 bridgehead atoms. The van der Waals surface area contributed by atoms with Crippen LogP contribution in [0, 0.1) is 0 Å². The molecular weight excluding hydrogens is 262 g/mol. The van der Waals surface area contributed by atoms with E-state index in [0.29, 0.717) is 18.3 Å². The Labute approximate surface area is 127 Å². The van der Waals surface area contributed by atoms with Crippen LogP contribution in [-0.2, 0) is 6.54 Å². The van der Waals surface area contributed by atoms with Crippen LogP contribution in [-0.4, -0.2) is 16.7 Å². The second kappa shape index (κ2) is 9.29. The van der Waals surface area contributed by atoms with E-state index < -0.39 is 0 Å². The first-order valence-electron chi connectivity index (χ1n) is 7.98. The zero-order chi connectivity index (χ0) is 14.8. The molecule has 0 amide bonds. The van der Waals surface area contributed by atoms with Crippen molar-refractivity contribution in [3.63, 3.8) is 0 Å². The van der Waals surface area contributed by atoms with Gasteiger partial charge in [0.2, 0.25) is 11.8 Å². The Morgan fingerprint density at radius 1 is 0.952 bits per heavy atom. The van der Waals surface area contributed by atoms with Gasteiger partial charge < -0.3 is 9.73 Å². The molecule has 0 saturated heterocycles. The number of hydrogen-bond donors (Lipinski definition) is 1. The van der Waals surface area contributed by atoms with Crippen molar-refractivity contribution in [2.75, 3.05) is 6.54 Å². The van der Waals surface area contributed by atoms with Crippen molar-refractivity contribution in [2.45, 2.75) is 52.0 Å². The number of unbranched alkanes of at least 4 members (excludes halogenated alkanes) is 5. The lowest BCUT2D eigenvalue weighted by atomic mass is 10.1. The second-order valence-electron chi connectivity index (χ2n) is 5.31. The van der Waals surface area contributed by atoms with Gasteiger partial charge in [-0.05, 0) is 25.1 Å². The van der Waals surface area contributed by atoms with Crippen LogP contribution in [0.1, 0.15) is 51.3 Å². The van der Waals surface area contributed by atoms with Crippen LogP contribution in [0.5, 0.6) is 0 Å². The van der Waals surface area contributed by atoms with Crippen LogP contribution < -0.4 is 5.32 Å². The van der Waals surface area contributed by atoms with Gasteiger partial charge in [-0.25, -0.2) is 0 Å². The van der Waals surface area contributed by atoms with Crippen molar-refractivity contribution in [1.29, 1.82) is 0 Å². The van der Waals surface area contributed by atoms with E-state index in [4.69, 9.17) is 4.42 Å². The van der Waals surface area contributed by atoms with Gasteiger partial charge in [0, 0.05) is 5.56 Å². The SMILES string of the molecule is CCCCCCCCNCc1nnc(-c2ccccc2)o1. The molecule has 2 rings (SSSR count). The average Bonchev–Trinajstić information content (AvgIpc) is 3.00. The standard InChI is InChI=1S/C17H25N3O/c1-2-3-4-5-6-10-13-18-14-16-19-20-17(21-16)15-11-8-7-9-12-15/h7-9,11-12,18H,2-6,10,13-14H2,1H3. The third kappa shape index (κ3) is 5.68. The third-order valence-electron chi connectivity index (χ3n) is 3.47. The Bertz CT molecular complexity index is 496. The number of nitrogens with one attached hydrogen (secondary N) is 1. The van der Waals surface area contributed by atoms with Crippen LogP contribution in [0.15, 0.2) is 34.7 Å². The van der Waals surface area contributed by atoms with Gasteiger partial charge in [-0.15, -0.1) is 10.2 Å². The summed E-state index contributed by atoms with van der Waals surface area (Å²) in [6.45, 7) is 3.90. The Hall–Kier alpha value is -1.68. The van der Waals surface area contributed by atoms with Crippen LogP contribution in [0.3, 0.4) is 0 Å². The molecule has 0 radical (unpaired) electrons. The molecule has 0 aliphatic heterocycles. The maximum Gasteiger partial charge on any atom is 0.247 e. The van der Waals surface area contributed by atoms with Crippen LogP contribution in [0.4, 0.5) is 0 Å². The smallest absolute Gasteiger partial charge is 0.247 e. The summed E-state index contributed by atoms with van der Waals surface area (Å²) >= 11 is 0. The average molecular weight is 287 g/mol. The molecule has 21 heavy (non-hydrogen) atoms. The van der Waals surface area contributed by atoms with Crippen molar-refractivity contribution in [1.82, 2.24) is 15.5 Å². The highest BCUT2D eigenvalue weighted by molar-refractivity contribution is 5.51. The molecule has 0 aliphatic rings. The molecule has 4 heteroatoms. The van der Waals surface area contributed by atoms with Crippen LogP contribution in [0.25, 0.3) is 11.5 Å². The first kappa shape index (κ1) is 15.7. The molecule has 1 heterocycles. The third-order valence-corrected chi connectivity index (χ3v) is 3.47. The zero-order valence-electron chi connectivity index (χ0n) is 12.8. The fourth-order valence-corrected chi connectivity index (χ4v) is 2.25. The van der Waals surface area contributed by atoms with E-state index in [2.05, 4.69) is 22.4 Å². The van der Waals surface area contributed by atoms with Crippen molar-refractivity contribution in [3.8, 4) is 11.5 Å². The summed E-state index contributed by atoms with van der Waals surface area (Å²) in [5.41, 5.74) is 0.965. The molecule has 0 aliphatic carbocycles. The van der Waals surface area contributed by atoms with Gasteiger partial charge in [-0.1, -0.05) is 57.2 Å². The van der Waals surface area contributed by atoms with Gasteiger partial charge in [0.05, 0.1) is 6.54 Å². The minimum Gasteiger partial charge on any atom is -0.419 e. The lowest BCUT2D eigenvalue weighted by molar-refractivity contribution is 0.471. The Morgan fingerprint density at radius 3 is 2.52 bits per heavy atom. The summed E-state index contributed by atoms with van der Waals surface area (Å²) in [5, 5.41) is 11.5. The highest BCUT2D eigenvalue weighted by atomic mass is 16.4. The summed E-state index contributed by atoms with van der Waals surface area (Å²) in [6, 6.07) is 9.86. The minimum absolute atomic E-state index is 0.590. The van der Waals surface area contributed by atoms with E-state index in [0.717, 1.165) is 12.1 Å². The lowest BCUT2D eigenvalue weighted by Crippen LogP contribution is -2.14. The molecule has 2 aromatic rings. The van der Waals surface area contributed by atoms with Crippen molar-refractivity contribution >= 4 is 0 Å². The summed E-state index contributed by atoms with van der Waals surface area (Å²) in [6.07, 6.45) is 7.88. The van der Waals surface area contributed by atoms with E-state index in [1.807, 2.05) is 30.3 Å². The number of aromatic nitrogens is 2. The van der Waals surface area contributed by atoms with Crippen LogP contribution in [0.2, 0.25) is 0 Å². The second-order valence-corrected chi connectivity index (χ2v) is 5.31. The van der Waals surface area contributed by atoms with Gasteiger partial charge in [-0.2, -0.15) is 0 Å². The molecular formula is C17H25N3O. The van der Waals surface area contributed by atoms with Gasteiger partial charge in [-0.3, -0.25) is 0 Å². The number of benzene rings is 1. The van der Waals surface area contributed by atoms with Crippen molar-refractivity contribution in [2.24, 2.45) is 0 Å². The highest BCUT2D eigenvalue weighted by Gasteiger charge is 2.07. The first-order valence-corrected chi connectivity index (χ1v) is 7.98. The molecule has 0 saturated carbocycles. The van der Waals surface area contributed by atoms with Gasteiger partial charge >= 0.3 is 0 Å². The van der Waals surface area contributed by atoms with Crippen molar-refractivity contribution < 1.29 is 4.42 Å². The maximum atomic E-state index is 5.64. The topological polar surface area (TPSA) is 51.0 Å². The van der Waals surface area contributed by atoms with E-state index >= 15 is 0 Å². The normalized spacial score (nSPS) is 10.9. The van der Waals surface area contributed by atoms with Crippen LogP contribution >= 0.6 is 0 Å². The fourth-order valence-electron chi connectivity index (χ4n) is 2.25. The largest absolute Gasteiger partial charge is 0.419 e. The molecule has 0 spiro atoms. The van der Waals surface area contributed by atoms with Crippen molar-refractivity contribution in [3.05, 3.63) is 36.2 Å². The molecule has 0 atom stereocenters. The first-order chi connectivity index (χ1) is 10.4. The zero-order valence-corrected chi connectivity index (χ0v) is 12.8. The molecule has 4 nitrogen and oxygen atoms in total. The summed E-state index contributed by atoms with van der Waals surface area (Å²) in [4.78, 5) is 0. The fraction of sp³-hybridized carbons (Fsp3) is 0.529. The van der Waals surface area contributed by atoms with Gasteiger partial charge in [0.1, 0.15) is 0 Å². The Balaban J connectivity index is 1.63. The predicted molar refractivity (Wildman–Crippen MR) is 84.8 cm³/mol. The summed E-state index contributed by atoms with van der Waals surface area (Å²) < 4.78 is 5.64. The molecule has 0 unspecified atom stereocenters. The molecule has 1 N–H and O–H groups in total. The van der Waals surface area contributed by atoms with E-state index in [-0.39, 0.29) is 0 Å². The number of hydrogen-bond acceptors (Lipinski definition) is 4. The predicted octanol–water partition coefficient (Wildman–Crippen LogP) is 4.19. The molecule has 114 valence electrons. The summed E-state index contributed by atoms with van der Waals surface area (Å²) in [7, 11) is 0.